The van der Waals surface area contributed by atoms with Gasteiger partial charge in [0, 0.05) is 11.3 Å². The summed E-state index contributed by atoms with van der Waals surface area (Å²) in [7, 11) is 0. The molecule has 134 valence electrons. The fourth-order valence-electron chi connectivity index (χ4n) is 1.98. The van der Waals surface area contributed by atoms with Crippen molar-refractivity contribution < 1.29 is 26.7 Å². The highest BCUT2D eigenvalue weighted by atomic mass is 35.5. The van der Waals surface area contributed by atoms with Crippen LogP contribution in [0, 0.1) is 11.6 Å². The highest BCUT2D eigenvalue weighted by molar-refractivity contribution is 7.99. The Labute approximate surface area is 149 Å². The van der Waals surface area contributed by atoms with Gasteiger partial charge in [-0.2, -0.15) is 13.2 Å². The fraction of sp³-hybridized carbons (Fsp3) is 0.188. The number of nitrogens with one attached hydrogen (secondary N) is 1. The third-order valence-electron chi connectivity index (χ3n) is 3.11. The molecule has 25 heavy (non-hydrogen) atoms. The monoisotopic (exact) mass is 395 g/mol. The van der Waals surface area contributed by atoms with Gasteiger partial charge >= 0.3 is 6.18 Å². The lowest BCUT2D eigenvalue weighted by atomic mass is 10.1. The molecule has 9 heteroatoms. The molecular weight excluding hydrogens is 385 g/mol. The topological polar surface area (TPSA) is 29.1 Å². The van der Waals surface area contributed by atoms with Crippen molar-refractivity contribution in [1.29, 1.82) is 0 Å². The number of halogens is 6. The van der Waals surface area contributed by atoms with Gasteiger partial charge in [0.05, 0.1) is 22.0 Å². The minimum absolute atomic E-state index is 0.00827. The molecule has 1 N–H and O–H groups in total. The Morgan fingerprint density at radius 3 is 2.48 bits per heavy atom. The molecule has 0 heterocycles. The van der Waals surface area contributed by atoms with Crippen molar-refractivity contribution in [3.05, 3.63) is 64.2 Å². The lowest BCUT2D eigenvalue weighted by Gasteiger charge is -2.15. The van der Waals surface area contributed by atoms with Crippen molar-refractivity contribution in [1.82, 2.24) is 0 Å². The number of anilines is 1. The molecule has 2 nitrogen and oxygen atoms in total. The van der Waals surface area contributed by atoms with E-state index in [1.165, 1.54) is 18.2 Å². The molecule has 0 aliphatic heterocycles. The van der Waals surface area contributed by atoms with Gasteiger partial charge in [-0.25, -0.2) is 8.78 Å². The van der Waals surface area contributed by atoms with Crippen LogP contribution in [0.1, 0.15) is 11.1 Å². The average molecular weight is 396 g/mol. The summed E-state index contributed by atoms with van der Waals surface area (Å²) < 4.78 is 65.4. The largest absolute Gasteiger partial charge is 0.418 e. The van der Waals surface area contributed by atoms with Crippen LogP contribution in [-0.4, -0.2) is 11.7 Å². The molecular formula is C16H11ClF5NOS. The molecule has 0 unspecified atom stereocenters. The molecule has 0 bridgehead atoms. The number of carbonyl (C=O) groups excluding carboxylic acids is 1. The zero-order valence-electron chi connectivity index (χ0n) is 12.5. The Balaban J connectivity index is 2.01. The lowest BCUT2D eigenvalue weighted by molar-refractivity contribution is -0.137. The molecule has 0 saturated carbocycles. The first-order valence-electron chi connectivity index (χ1n) is 6.86. The summed E-state index contributed by atoms with van der Waals surface area (Å²) in [5.41, 5.74) is -1.53. The lowest BCUT2D eigenvalue weighted by Crippen LogP contribution is -2.18. The van der Waals surface area contributed by atoms with Crippen LogP contribution in [0.2, 0.25) is 5.02 Å². The van der Waals surface area contributed by atoms with Gasteiger partial charge in [-0.15, -0.1) is 11.8 Å². The summed E-state index contributed by atoms with van der Waals surface area (Å²) in [6.45, 7) is 0. The Bertz CT molecular complexity index is 782. The summed E-state index contributed by atoms with van der Waals surface area (Å²) in [6.07, 6.45) is -4.68. The van der Waals surface area contributed by atoms with Crippen LogP contribution in [0.25, 0.3) is 0 Å². The van der Waals surface area contributed by atoms with Crippen LogP contribution >= 0.6 is 23.4 Å². The third kappa shape index (κ3) is 5.09. The van der Waals surface area contributed by atoms with Crippen LogP contribution in [0.3, 0.4) is 0 Å². The van der Waals surface area contributed by atoms with Crippen molar-refractivity contribution in [2.45, 2.75) is 11.9 Å². The molecule has 0 aliphatic carbocycles. The summed E-state index contributed by atoms with van der Waals surface area (Å²) in [5, 5.41) is 1.87. The third-order valence-corrected chi connectivity index (χ3v) is 4.40. The van der Waals surface area contributed by atoms with E-state index in [2.05, 4.69) is 5.32 Å². The number of alkyl halides is 3. The van der Waals surface area contributed by atoms with Gasteiger partial charge in [0.25, 0.3) is 0 Å². The number of benzene rings is 2. The van der Waals surface area contributed by atoms with Crippen LogP contribution in [0.4, 0.5) is 27.6 Å². The molecule has 0 aromatic heterocycles. The summed E-state index contributed by atoms with van der Waals surface area (Å²) in [4.78, 5) is 11.9. The molecule has 0 saturated heterocycles. The van der Waals surface area contributed by atoms with Gasteiger partial charge in [-0.1, -0.05) is 29.8 Å². The maximum atomic E-state index is 13.5. The van der Waals surface area contributed by atoms with Crippen molar-refractivity contribution in [2.75, 3.05) is 11.1 Å². The van der Waals surface area contributed by atoms with Crippen LogP contribution in [-0.2, 0) is 16.7 Å². The normalized spacial score (nSPS) is 11.4. The molecule has 2 aromatic rings. The van der Waals surface area contributed by atoms with Gasteiger partial charge in [-0.05, 0) is 18.2 Å². The van der Waals surface area contributed by atoms with E-state index in [1.807, 2.05) is 0 Å². The quantitative estimate of drug-likeness (QED) is 0.676. The minimum Gasteiger partial charge on any atom is -0.324 e. The second-order valence-electron chi connectivity index (χ2n) is 4.91. The molecule has 0 fully saturated rings. The van der Waals surface area contributed by atoms with Crippen molar-refractivity contribution in [3.63, 3.8) is 0 Å². The van der Waals surface area contributed by atoms with Crippen molar-refractivity contribution in [2.24, 2.45) is 0 Å². The fourth-order valence-corrected chi connectivity index (χ4v) is 3.00. The zero-order chi connectivity index (χ0) is 18.6. The first kappa shape index (κ1) is 19.5. The summed E-state index contributed by atoms with van der Waals surface area (Å²) >= 11 is 6.67. The predicted molar refractivity (Wildman–Crippen MR) is 87.6 cm³/mol. The van der Waals surface area contributed by atoms with E-state index in [0.717, 1.165) is 30.0 Å². The Kier molecular flexibility index (Phi) is 6.29. The number of carbonyl (C=O) groups is 1. The molecule has 0 atom stereocenters. The Hall–Kier alpha value is -1.80. The minimum atomic E-state index is -4.68. The van der Waals surface area contributed by atoms with Gasteiger partial charge in [0.2, 0.25) is 5.91 Å². The van der Waals surface area contributed by atoms with Crippen LogP contribution in [0.5, 0.6) is 0 Å². The van der Waals surface area contributed by atoms with Crippen LogP contribution < -0.4 is 5.32 Å². The highest BCUT2D eigenvalue weighted by Crippen LogP contribution is 2.38. The average Bonchev–Trinajstić information content (AvgIpc) is 2.52. The maximum absolute atomic E-state index is 13.5. The Morgan fingerprint density at radius 1 is 1.12 bits per heavy atom. The number of hydrogen-bond acceptors (Lipinski definition) is 2. The van der Waals surface area contributed by atoms with Gasteiger partial charge in [0.15, 0.2) is 11.6 Å². The van der Waals surface area contributed by atoms with E-state index in [4.69, 9.17) is 11.6 Å². The van der Waals surface area contributed by atoms with E-state index in [-0.39, 0.29) is 22.1 Å². The first-order chi connectivity index (χ1) is 11.7. The molecule has 0 radical (unpaired) electrons. The van der Waals surface area contributed by atoms with E-state index >= 15 is 0 Å². The molecule has 0 spiro atoms. The maximum Gasteiger partial charge on any atom is 0.418 e. The van der Waals surface area contributed by atoms with E-state index < -0.39 is 35.0 Å². The smallest absolute Gasteiger partial charge is 0.324 e. The molecule has 0 aliphatic rings. The number of amides is 1. The molecule has 2 rings (SSSR count). The van der Waals surface area contributed by atoms with Gasteiger partial charge in [0.1, 0.15) is 0 Å². The Morgan fingerprint density at radius 2 is 1.80 bits per heavy atom. The number of para-hydroxylation sites is 1. The van der Waals surface area contributed by atoms with Crippen molar-refractivity contribution >= 4 is 35.0 Å². The second-order valence-corrected chi connectivity index (χ2v) is 6.31. The zero-order valence-corrected chi connectivity index (χ0v) is 14.0. The van der Waals surface area contributed by atoms with E-state index in [0.29, 0.717) is 0 Å². The molecule has 2 aromatic carbocycles. The van der Waals surface area contributed by atoms with Crippen LogP contribution in [0.15, 0.2) is 36.4 Å². The highest BCUT2D eigenvalue weighted by Gasteiger charge is 2.34. The number of rotatable bonds is 5. The summed E-state index contributed by atoms with van der Waals surface area (Å²) in [6, 6.07) is 6.81. The standard InChI is InChI=1S/C16H11ClF5NOS/c17-11-5-2-4-10(16(20,21)22)15(11)23-13(24)8-25-7-9-3-1-6-12(18)14(9)19/h1-6H,7-8H2,(H,23,24). The summed E-state index contributed by atoms with van der Waals surface area (Å²) in [5.74, 6) is -3.01. The second kappa shape index (κ2) is 8.05. The molecule has 1 amide bonds. The SMILES string of the molecule is O=C(CSCc1cccc(F)c1F)Nc1c(Cl)cccc1C(F)(F)F. The van der Waals surface area contributed by atoms with Gasteiger partial charge in [-0.3, -0.25) is 4.79 Å². The predicted octanol–water partition coefficient (Wildman–Crippen LogP) is 5.51. The van der Waals surface area contributed by atoms with Crippen molar-refractivity contribution in [3.8, 4) is 0 Å². The van der Waals surface area contributed by atoms with Gasteiger partial charge < -0.3 is 5.32 Å². The number of hydrogen-bond donors (Lipinski definition) is 1. The first-order valence-corrected chi connectivity index (χ1v) is 8.39. The van der Waals surface area contributed by atoms with E-state index in [9.17, 15) is 26.7 Å². The number of thioether (sulfide) groups is 1. The van der Waals surface area contributed by atoms with E-state index in [1.54, 1.807) is 0 Å².